The Morgan fingerprint density at radius 2 is 1.64 bits per heavy atom. The van der Waals surface area contributed by atoms with Crippen LogP contribution in [0.1, 0.15) is 16.7 Å². The molecule has 0 fully saturated rings. The maximum atomic E-state index is 10.7. The molecular weight excluding hydrogens is 178 g/mol. The van der Waals surface area contributed by atoms with Crippen molar-refractivity contribution in [1.82, 2.24) is 0 Å². The summed E-state index contributed by atoms with van der Waals surface area (Å²) in [7, 11) is 1.55. The fourth-order valence-corrected chi connectivity index (χ4v) is 1.32. The van der Waals surface area contributed by atoms with Gasteiger partial charge in [0.25, 0.3) is 0 Å². The average Bonchev–Trinajstić information content (AvgIpc) is 2.12. The van der Waals surface area contributed by atoms with Crippen LogP contribution in [0.25, 0.3) is 0 Å². The van der Waals surface area contributed by atoms with Crippen LogP contribution in [0.3, 0.4) is 0 Å². The maximum absolute atomic E-state index is 10.7. The van der Waals surface area contributed by atoms with Gasteiger partial charge in [0.2, 0.25) is 0 Å². The summed E-state index contributed by atoms with van der Waals surface area (Å²) < 4.78 is 0. The Balaban J connectivity index is 3.19. The highest BCUT2D eigenvalue weighted by atomic mass is 16.4. The molecule has 1 rings (SSSR count). The highest BCUT2D eigenvalue weighted by molar-refractivity contribution is 5.85. The molecule has 0 spiro atoms. The standard InChI is InChI=1S/C11H15NO2/c1-7-5-10(12(4)11(13)14)6-8(2)9(7)3/h5-6H,1-4H3,(H,13,14). The second kappa shape index (κ2) is 3.70. The third kappa shape index (κ3) is 1.87. The van der Waals surface area contributed by atoms with Gasteiger partial charge < -0.3 is 5.11 Å². The number of aryl methyl sites for hydroxylation is 2. The van der Waals surface area contributed by atoms with Gasteiger partial charge in [-0.3, -0.25) is 4.90 Å². The zero-order chi connectivity index (χ0) is 10.9. The van der Waals surface area contributed by atoms with E-state index >= 15 is 0 Å². The lowest BCUT2D eigenvalue weighted by atomic mass is 10.0. The van der Waals surface area contributed by atoms with Crippen LogP contribution in [-0.4, -0.2) is 18.2 Å². The molecule has 3 nitrogen and oxygen atoms in total. The van der Waals surface area contributed by atoms with Crippen LogP contribution in [0.5, 0.6) is 0 Å². The van der Waals surface area contributed by atoms with Gasteiger partial charge in [-0.1, -0.05) is 0 Å². The van der Waals surface area contributed by atoms with Crippen molar-refractivity contribution >= 4 is 11.8 Å². The van der Waals surface area contributed by atoms with E-state index in [0.29, 0.717) is 0 Å². The molecule has 14 heavy (non-hydrogen) atoms. The first-order chi connectivity index (χ1) is 6.43. The van der Waals surface area contributed by atoms with Crippen molar-refractivity contribution in [1.29, 1.82) is 0 Å². The summed E-state index contributed by atoms with van der Waals surface area (Å²) in [6.07, 6.45) is -0.937. The van der Waals surface area contributed by atoms with Crippen molar-refractivity contribution in [2.45, 2.75) is 20.8 Å². The molecule has 0 radical (unpaired) electrons. The maximum Gasteiger partial charge on any atom is 0.411 e. The van der Waals surface area contributed by atoms with E-state index in [9.17, 15) is 4.79 Å². The first-order valence-electron chi connectivity index (χ1n) is 4.48. The molecule has 0 aliphatic carbocycles. The van der Waals surface area contributed by atoms with Gasteiger partial charge in [-0.25, -0.2) is 4.79 Å². The Kier molecular flexibility index (Phi) is 2.79. The first kappa shape index (κ1) is 10.6. The molecule has 0 heterocycles. The Morgan fingerprint density at radius 1 is 1.21 bits per heavy atom. The second-order valence-corrected chi connectivity index (χ2v) is 3.55. The third-order valence-corrected chi connectivity index (χ3v) is 2.59. The lowest BCUT2D eigenvalue weighted by Gasteiger charge is -2.16. The van der Waals surface area contributed by atoms with E-state index in [1.54, 1.807) is 7.05 Å². The van der Waals surface area contributed by atoms with Gasteiger partial charge in [0.15, 0.2) is 0 Å². The Morgan fingerprint density at radius 3 is 2.00 bits per heavy atom. The van der Waals surface area contributed by atoms with E-state index in [1.807, 2.05) is 32.9 Å². The van der Waals surface area contributed by atoms with Crippen LogP contribution in [0.4, 0.5) is 10.5 Å². The number of anilines is 1. The average molecular weight is 193 g/mol. The molecule has 0 atom stereocenters. The monoisotopic (exact) mass is 193 g/mol. The molecule has 1 amide bonds. The molecule has 0 unspecified atom stereocenters. The van der Waals surface area contributed by atoms with Crippen molar-refractivity contribution < 1.29 is 9.90 Å². The van der Waals surface area contributed by atoms with E-state index in [2.05, 4.69) is 0 Å². The molecule has 0 aliphatic heterocycles. The van der Waals surface area contributed by atoms with E-state index in [4.69, 9.17) is 5.11 Å². The fraction of sp³-hybridized carbons (Fsp3) is 0.364. The summed E-state index contributed by atoms with van der Waals surface area (Å²) >= 11 is 0. The molecule has 0 saturated carbocycles. The first-order valence-corrected chi connectivity index (χ1v) is 4.48. The van der Waals surface area contributed by atoms with Gasteiger partial charge in [0.05, 0.1) is 0 Å². The van der Waals surface area contributed by atoms with Gasteiger partial charge in [-0.05, 0) is 49.6 Å². The van der Waals surface area contributed by atoms with E-state index in [0.717, 1.165) is 16.8 Å². The normalized spacial score (nSPS) is 10.0. The summed E-state index contributed by atoms with van der Waals surface area (Å²) in [6.45, 7) is 6.01. The van der Waals surface area contributed by atoms with Crippen molar-refractivity contribution in [3.8, 4) is 0 Å². The van der Waals surface area contributed by atoms with Crippen LogP contribution >= 0.6 is 0 Å². The molecule has 1 N–H and O–H groups in total. The molecule has 0 aliphatic rings. The van der Waals surface area contributed by atoms with Crippen LogP contribution < -0.4 is 4.90 Å². The SMILES string of the molecule is Cc1cc(N(C)C(=O)O)cc(C)c1C. The topological polar surface area (TPSA) is 40.5 Å². The Bertz CT molecular complexity index is 349. The number of nitrogens with zero attached hydrogens (tertiary/aromatic N) is 1. The van der Waals surface area contributed by atoms with E-state index < -0.39 is 6.09 Å². The lowest BCUT2D eigenvalue weighted by molar-refractivity contribution is 0.203. The zero-order valence-corrected chi connectivity index (χ0v) is 8.96. The van der Waals surface area contributed by atoms with Gasteiger partial charge >= 0.3 is 6.09 Å². The summed E-state index contributed by atoms with van der Waals surface area (Å²) in [5, 5.41) is 8.81. The Hall–Kier alpha value is -1.51. The number of carbonyl (C=O) groups is 1. The van der Waals surface area contributed by atoms with Crippen LogP contribution in [0.2, 0.25) is 0 Å². The largest absolute Gasteiger partial charge is 0.465 e. The molecule has 3 heteroatoms. The van der Waals surface area contributed by atoms with Crippen LogP contribution in [-0.2, 0) is 0 Å². The number of hydrogen-bond acceptors (Lipinski definition) is 1. The molecule has 0 aromatic heterocycles. The van der Waals surface area contributed by atoms with Crippen molar-refractivity contribution in [2.24, 2.45) is 0 Å². The smallest absolute Gasteiger partial charge is 0.411 e. The fourth-order valence-electron chi connectivity index (χ4n) is 1.32. The van der Waals surface area contributed by atoms with Crippen molar-refractivity contribution in [3.63, 3.8) is 0 Å². The quantitative estimate of drug-likeness (QED) is 0.745. The minimum atomic E-state index is -0.937. The van der Waals surface area contributed by atoms with Gasteiger partial charge in [0.1, 0.15) is 0 Å². The molecule has 76 valence electrons. The van der Waals surface area contributed by atoms with Crippen molar-refractivity contribution in [2.75, 3.05) is 11.9 Å². The predicted molar refractivity (Wildman–Crippen MR) is 57.1 cm³/mol. The third-order valence-electron chi connectivity index (χ3n) is 2.59. The summed E-state index contributed by atoms with van der Waals surface area (Å²) in [4.78, 5) is 12.0. The summed E-state index contributed by atoms with van der Waals surface area (Å²) in [5.74, 6) is 0. The summed E-state index contributed by atoms with van der Waals surface area (Å²) in [5.41, 5.74) is 4.17. The minimum absolute atomic E-state index is 0.720. The lowest BCUT2D eigenvalue weighted by Crippen LogP contribution is -2.23. The molecule has 0 bridgehead atoms. The number of rotatable bonds is 1. The molecule has 1 aromatic carbocycles. The molecule has 1 aromatic rings. The van der Waals surface area contributed by atoms with Gasteiger partial charge in [-0.15, -0.1) is 0 Å². The van der Waals surface area contributed by atoms with Crippen LogP contribution in [0.15, 0.2) is 12.1 Å². The van der Waals surface area contributed by atoms with Gasteiger partial charge in [-0.2, -0.15) is 0 Å². The minimum Gasteiger partial charge on any atom is -0.465 e. The highest BCUT2D eigenvalue weighted by Gasteiger charge is 2.10. The van der Waals surface area contributed by atoms with Crippen molar-refractivity contribution in [3.05, 3.63) is 28.8 Å². The second-order valence-electron chi connectivity index (χ2n) is 3.55. The van der Waals surface area contributed by atoms with Crippen LogP contribution in [0, 0.1) is 20.8 Å². The number of benzene rings is 1. The molecule has 0 saturated heterocycles. The van der Waals surface area contributed by atoms with Gasteiger partial charge in [0, 0.05) is 12.7 Å². The number of hydrogen-bond donors (Lipinski definition) is 1. The number of carboxylic acid groups (broad SMARTS) is 1. The summed E-state index contributed by atoms with van der Waals surface area (Å²) in [6, 6.07) is 3.77. The highest BCUT2D eigenvalue weighted by Crippen LogP contribution is 2.21. The zero-order valence-electron chi connectivity index (χ0n) is 8.96. The van der Waals surface area contributed by atoms with E-state index in [1.165, 1.54) is 10.5 Å². The predicted octanol–water partition coefficient (Wildman–Crippen LogP) is 2.73. The Labute approximate surface area is 84.0 Å². The number of amides is 1. The molecular formula is C11H15NO2. The van der Waals surface area contributed by atoms with E-state index in [-0.39, 0.29) is 0 Å².